The quantitative estimate of drug-likeness (QED) is 0.352. The molecule has 0 amide bonds. The molecule has 14 heavy (non-hydrogen) atoms. The van der Waals surface area contributed by atoms with Gasteiger partial charge >= 0.3 is 0 Å². The summed E-state index contributed by atoms with van der Waals surface area (Å²) >= 11 is 0. The lowest BCUT2D eigenvalue weighted by Gasteiger charge is -2.19. The molecule has 0 aliphatic carbocycles. The molecule has 0 aromatic heterocycles. The Labute approximate surface area is 88.2 Å². The Morgan fingerprint density at radius 2 is 1.71 bits per heavy atom. The van der Waals surface area contributed by atoms with E-state index < -0.39 is 0 Å². The first kappa shape index (κ1) is 13.2. The van der Waals surface area contributed by atoms with Gasteiger partial charge in [-0.1, -0.05) is 19.9 Å². The summed E-state index contributed by atoms with van der Waals surface area (Å²) in [6, 6.07) is 0. The fraction of sp³-hybridized carbons (Fsp3) is 0.667. The maximum absolute atomic E-state index is 5.70. The molecule has 0 N–H and O–H groups in total. The normalized spacial score (nSPS) is 12.8. The Balaban J connectivity index is 4.21. The second-order valence-electron chi connectivity index (χ2n) is 3.03. The highest BCUT2D eigenvalue weighted by molar-refractivity contribution is 5.11. The molecule has 0 heterocycles. The summed E-state index contributed by atoms with van der Waals surface area (Å²) < 4.78 is 0. The van der Waals surface area contributed by atoms with Crippen LogP contribution in [0.15, 0.2) is 24.0 Å². The molecule has 2 heteroatoms. The SMILES string of the molecule is CCC=CC(=CCC)ON(CC)CC. The van der Waals surface area contributed by atoms with Crippen molar-refractivity contribution < 1.29 is 4.84 Å². The smallest absolute Gasteiger partial charge is 0.143 e. The molecule has 0 bridgehead atoms. The van der Waals surface area contributed by atoms with E-state index in [1.807, 2.05) is 11.1 Å². The Kier molecular flexibility index (Phi) is 8.34. The molecule has 0 radical (unpaired) electrons. The fourth-order valence-corrected chi connectivity index (χ4v) is 1.07. The van der Waals surface area contributed by atoms with Crippen LogP contribution in [-0.2, 0) is 4.84 Å². The van der Waals surface area contributed by atoms with Gasteiger partial charge in [0.1, 0.15) is 5.76 Å². The largest absolute Gasteiger partial charge is 0.406 e. The molecule has 0 aromatic carbocycles. The van der Waals surface area contributed by atoms with Crippen molar-refractivity contribution in [1.82, 2.24) is 5.06 Å². The molecule has 82 valence electrons. The monoisotopic (exact) mass is 197 g/mol. The third-order valence-electron chi connectivity index (χ3n) is 1.86. The van der Waals surface area contributed by atoms with E-state index in [4.69, 9.17) is 4.84 Å². The van der Waals surface area contributed by atoms with Crippen LogP contribution in [0.2, 0.25) is 0 Å². The highest BCUT2D eigenvalue weighted by Gasteiger charge is 2.00. The predicted molar refractivity (Wildman–Crippen MR) is 61.8 cm³/mol. The summed E-state index contributed by atoms with van der Waals surface area (Å²) in [6.45, 7) is 10.3. The van der Waals surface area contributed by atoms with Crippen LogP contribution in [0.25, 0.3) is 0 Å². The minimum Gasteiger partial charge on any atom is -0.406 e. The summed E-state index contributed by atoms with van der Waals surface area (Å²) in [7, 11) is 0. The van der Waals surface area contributed by atoms with Gasteiger partial charge in [-0.05, 0) is 38.8 Å². The van der Waals surface area contributed by atoms with Crippen molar-refractivity contribution in [3.8, 4) is 0 Å². The molecule has 0 aliphatic rings. The van der Waals surface area contributed by atoms with Gasteiger partial charge in [0.05, 0.1) is 0 Å². The first-order valence-electron chi connectivity index (χ1n) is 5.57. The molecule has 0 unspecified atom stereocenters. The van der Waals surface area contributed by atoms with E-state index in [-0.39, 0.29) is 0 Å². The number of allylic oxidation sites excluding steroid dienone is 3. The maximum atomic E-state index is 5.70. The van der Waals surface area contributed by atoms with E-state index in [2.05, 4.69) is 39.8 Å². The summed E-state index contributed by atoms with van der Waals surface area (Å²) in [6.07, 6.45) is 8.31. The number of rotatable bonds is 7. The van der Waals surface area contributed by atoms with Gasteiger partial charge in [-0.3, -0.25) is 0 Å². The molecule has 0 aromatic rings. The van der Waals surface area contributed by atoms with Crippen molar-refractivity contribution in [2.75, 3.05) is 13.1 Å². The molecule has 0 rings (SSSR count). The van der Waals surface area contributed by atoms with Crippen LogP contribution in [0.5, 0.6) is 0 Å². The van der Waals surface area contributed by atoms with E-state index in [9.17, 15) is 0 Å². The molecule has 0 aliphatic heterocycles. The van der Waals surface area contributed by atoms with Gasteiger partial charge in [0, 0.05) is 13.1 Å². The maximum Gasteiger partial charge on any atom is 0.143 e. The van der Waals surface area contributed by atoms with E-state index in [1.165, 1.54) is 0 Å². The second kappa shape index (κ2) is 8.82. The third kappa shape index (κ3) is 5.81. The van der Waals surface area contributed by atoms with Crippen LogP contribution in [0, 0.1) is 0 Å². The molecule has 0 saturated carbocycles. The van der Waals surface area contributed by atoms with E-state index in [0.717, 1.165) is 31.7 Å². The average Bonchev–Trinajstić information content (AvgIpc) is 2.22. The van der Waals surface area contributed by atoms with Crippen molar-refractivity contribution in [2.24, 2.45) is 0 Å². The molecule has 0 saturated heterocycles. The zero-order valence-electron chi connectivity index (χ0n) is 9.92. The van der Waals surface area contributed by atoms with E-state index in [1.54, 1.807) is 0 Å². The zero-order chi connectivity index (χ0) is 10.8. The lowest BCUT2D eigenvalue weighted by molar-refractivity contribution is -0.107. The standard InChI is InChI=1S/C12H23NO/c1-5-9-11-12(10-6-2)14-13(7-3)8-4/h9-11H,5-8H2,1-4H3. The van der Waals surface area contributed by atoms with Crippen LogP contribution in [0.1, 0.15) is 40.5 Å². The fourth-order valence-electron chi connectivity index (χ4n) is 1.07. The third-order valence-corrected chi connectivity index (χ3v) is 1.86. The topological polar surface area (TPSA) is 12.5 Å². The molecule has 0 fully saturated rings. The van der Waals surface area contributed by atoms with Gasteiger partial charge in [0.15, 0.2) is 0 Å². The summed E-state index contributed by atoms with van der Waals surface area (Å²) in [4.78, 5) is 5.70. The van der Waals surface area contributed by atoms with Gasteiger partial charge in [-0.2, -0.15) is 0 Å². The number of hydrogen-bond donors (Lipinski definition) is 0. The van der Waals surface area contributed by atoms with Gasteiger partial charge in [0.25, 0.3) is 0 Å². The lowest BCUT2D eigenvalue weighted by atomic mass is 10.3. The summed E-state index contributed by atoms with van der Waals surface area (Å²) in [5.74, 6) is 0.957. The number of nitrogens with zero attached hydrogens (tertiary/aromatic N) is 1. The van der Waals surface area contributed by atoms with E-state index in [0.29, 0.717) is 0 Å². The van der Waals surface area contributed by atoms with Gasteiger partial charge in [-0.25, -0.2) is 0 Å². The summed E-state index contributed by atoms with van der Waals surface area (Å²) in [5.41, 5.74) is 0. The van der Waals surface area contributed by atoms with Crippen LogP contribution in [0.4, 0.5) is 0 Å². The van der Waals surface area contributed by atoms with Gasteiger partial charge in [-0.15, -0.1) is 5.06 Å². The Morgan fingerprint density at radius 1 is 1.07 bits per heavy atom. The minimum absolute atomic E-state index is 0.914. The number of hydrogen-bond acceptors (Lipinski definition) is 2. The number of hydroxylamine groups is 2. The van der Waals surface area contributed by atoms with E-state index >= 15 is 0 Å². The van der Waals surface area contributed by atoms with Gasteiger partial charge < -0.3 is 4.84 Å². The zero-order valence-corrected chi connectivity index (χ0v) is 9.92. The summed E-state index contributed by atoms with van der Waals surface area (Å²) in [5, 5.41) is 1.95. The predicted octanol–water partition coefficient (Wildman–Crippen LogP) is 3.52. The molecular weight excluding hydrogens is 174 g/mol. The molecule has 0 atom stereocenters. The van der Waals surface area contributed by atoms with Crippen molar-refractivity contribution in [3.05, 3.63) is 24.0 Å². The molecule has 2 nitrogen and oxygen atoms in total. The average molecular weight is 197 g/mol. The van der Waals surface area contributed by atoms with Crippen molar-refractivity contribution in [1.29, 1.82) is 0 Å². The molecule has 0 spiro atoms. The van der Waals surface area contributed by atoms with Gasteiger partial charge in [0.2, 0.25) is 0 Å². The van der Waals surface area contributed by atoms with Crippen LogP contribution >= 0.6 is 0 Å². The van der Waals surface area contributed by atoms with Crippen LogP contribution < -0.4 is 0 Å². The second-order valence-corrected chi connectivity index (χ2v) is 3.03. The minimum atomic E-state index is 0.914. The highest BCUT2D eigenvalue weighted by Crippen LogP contribution is 2.05. The highest BCUT2D eigenvalue weighted by atomic mass is 16.7. The first-order chi connectivity index (χ1) is 6.78. The van der Waals surface area contributed by atoms with Crippen LogP contribution in [-0.4, -0.2) is 18.2 Å². The van der Waals surface area contributed by atoms with Crippen molar-refractivity contribution in [3.63, 3.8) is 0 Å². The Hall–Kier alpha value is -0.760. The lowest BCUT2D eigenvalue weighted by Crippen LogP contribution is -2.22. The first-order valence-corrected chi connectivity index (χ1v) is 5.57. The van der Waals surface area contributed by atoms with Crippen molar-refractivity contribution in [2.45, 2.75) is 40.5 Å². The van der Waals surface area contributed by atoms with Crippen LogP contribution in [0.3, 0.4) is 0 Å². The van der Waals surface area contributed by atoms with Crippen molar-refractivity contribution >= 4 is 0 Å². The molecular formula is C12H23NO. The Morgan fingerprint density at radius 3 is 2.14 bits per heavy atom. The Bertz CT molecular complexity index is 181.